The Hall–Kier alpha value is -3.34. The maximum atomic E-state index is 12.1. The zero-order chi connectivity index (χ0) is 17.6. The molecular weight excluding hydrogens is 316 g/mol. The number of hydrogen-bond acceptors (Lipinski definition) is 4. The third kappa shape index (κ3) is 3.77. The van der Waals surface area contributed by atoms with Crippen LogP contribution in [0.15, 0.2) is 65.8 Å². The lowest BCUT2D eigenvalue weighted by Crippen LogP contribution is -2.17. The quantitative estimate of drug-likeness (QED) is 0.552. The first-order chi connectivity index (χ1) is 12.2. The maximum absolute atomic E-state index is 12.1. The standard InChI is InChI=1S/C20H18N2O3/c1-2-25-19-12-9-14-5-3-4-6-17(14)18(19)13-21-22-20(24)15-7-10-16(23)11-8-15/h3-13,23H,2H2,1H3,(H,22,24)/b21-13+. The molecule has 0 fully saturated rings. The van der Waals surface area contributed by atoms with E-state index in [2.05, 4.69) is 10.5 Å². The molecule has 0 aliphatic carbocycles. The van der Waals surface area contributed by atoms with Crippen LogP contribution < -0.4 is 10.2 Å². The third-order valence-electron chi connectivity index (χ3n) is 3.72. The van der Waals surface area contributed by atoms with E-state index in [1.165, 1.54) is 24.3 Å². The molecule has 0 saturated carbocycles. The number of phenols is 1. The number of rotatable bonds is 5. The highest BCUT2D eigenvalue weighted by Crippen LogP contribution is 2.26. The van der Waals surface area contributed by atoms with Gasteiger partial charge in [-0.3, -0.25) is 4.79 Å². The first kappa shape index (κ1) is 16.5. The predicted molar refractivity (Wildman–Crippen MR) is 98.3 cm³/mol. The van der Waals surface area contributed by atoms with Gasteiger partial charge in [-0.2, -0.15) is 5.10 Å². The van der Waals surface area contributed by atoms with Crippen LogP contribution in [0.2, 0.25) is 0 Å². The molecule has 25 heavy (non-hydrogen) atoms. The Morgan fingerprint density at radius 2 is 1.88 bits per heavy atom. The lowest BCUT2D eigenvalue weighted by Gasteiger charge is -2.10. The molecule has 3 rings (SSSR count). The Morgan fingerprint density at radius 3 is 2.64 bits per heavy atom. The van der Waals surface area contributed by atoms with Crippen LogP contribution in [0, 0.1) is 0 Å². The van der Waals surface area contributed by atoms with Crippen LogP contribution in [0.5, 0.6) is 11.5 Å². The topological polar surface area (TPSA) is 70.9 Å². The number of amides is 1. The molecule has 0 unspecified atom stereocenters. The molecule has 2 N–H and O–H groups in total. The van der Waals surface area contributed by atoms with E-state index in [9.17, 15) is 9.90 Å². The molecular formula is C20H18N2O3. The van der Waals surface area contributed by atoms with E-state index < -0.39 is 0 Å². The van der Waals surface area contributed by atoms with Crippen molar-refractivity contribution in [2.75, 3.05) is 6.61 Å². The fraction of sp³-hybridized carbons (Fsp3) is 0.100. The first-order valence-electron chi connectivity index (χ1n) is 7.96. The van der Waals surface area contributed by atoms with Gasteiger partial charge in [-0.1, -0.05) is 30.3 Å². The molecule has 0 aliphatic heterocycles. The molecule has 5 heteroatoms. The fourth-order valence-electron chi connectivity index (χ4n) is 2.52. The normalized spacial score (nSPS) is 10.9. The van der Waals surface area contributed by atoms with Crippen LogP contribution in [0.4, 0.5) is 0 Å². The number of nitrogens with one attached hydrogen (secondary N) is 1. The smallest absolute Gasteiger partial charge is 0.271 e. The van der Waals surface area contributed by atoms with Crippen LogP contribution >= 0.6 is 0 Å². The molecule has 0 radical (unpaired) electrons. The van der Waals surface area contributed by atoms with Crippen molar-refractivity contribution in [3.8, 4) is 11.5 Å². The molecule has 0 aliphatic rings. The number of carbonyl (C=O) groups is 1. The summed E-state index contributed by atoms with van der Waals surface area (Å²) in [5.74, 6) is 0.468. The molecule has 1 amide bonds. The number of fused-ring (bicyclic) bond motifs is 1. The molecule has 0 bridgehead atoms. The highest BCUT2D eigenvalue weighted by Gasteiger charge is 2.07. The van der Waals surface area contributed by atoms with Gasteiger partial charge >= 0.3 is 0 Å². The summed E-state index contributed by atoms with van der Waals surface area (Å²) in [4.78, 5) is 12.1. The van der Waals surface area contributed by atoms with Crippen LogP contribution in [0.1, 0.15) is 22.8 Å². The molecule has 0 saturated heterocycles. The van der Waals surface area contributed by atoms with Crippen molar-refractivity contribution in [3.05, 3.63) is 71.8 Å². The van der Waals surface area contributed by atoms with E-state index in [-0.39, 0.29) is 11.7 Å². The number of nitrogens with zero attached hydrogens (tertiary/aromatic N) is 1. The lowest BCUT2D eigenvalue weighted by atomic mass is 10.0. The lowest BCUT2D eigenvalue weighted by molar-refractivity contribution is 0.0955. The Balaban J connectivity index is 1.86. The average Bonchev–Trinajstić information content (AvgIpc) is 2.64. The van der Waals surface area contributed by atoms with Gasteiger partial charge in [-0.25, -0.2) is 5.43 Å². The van der Waals surface area contributed by atoms with Gasteiger partial charge in [-0.05, 0) is 48.0 Å². The zero-order valence-electron chi connectivity index (χ0n) is 13.8. The summed E-state index contributed by atoms with van der Waals surface area (Å²) in [6.45, 7) is 2.46. The first-order valence-corrected chi connectivity index (χ1v) is 7.96. The Labute approximate surface area is 145 Å². The monoisotopic (exact) mass is 334 g/mol. The number of hydrazone groups is 1. The summed E-state index contributed by atoms with van der Waals surface area (Å²) in [5, 5.41) is 15.4. The molecule has 0 atom stereocenters. The molecule has 126 valence electrons. The molecule has 0 heterocycles. The summed E-state index contributed by atoms with van der Waals surface area (Å²) < 4.78 is 5.67. The van der Waals surface area contributed by atoms with Crippen LogP contribution in [-0.2, 0) is 0 Å². The average molecular weight is 334 g/mol. The van der Waals surface area contributed by atoms with Crippen molar-refractivity contribution in [1.82, 2.24) is 5.43 Å². The summed E-state index contributed by atoms with van der Waals surface area (Å²) in [6, 6.07) is 17.8. The SMILES string of the molecule is CCOc1ccc2ccccc2c1/C=N/NC(=O)c1ccc(O)cc1. The molecule has 0 spiro atoms. The van der Waals surface area contributed by atoms with Crippen molar-refractivity contribution in [2.45, 2.75) is 6.92 Å². The van der Waals surface area contributed by atoms with Crippen LogP contribution in [0.25, 0.3) is 10.8 Å². The second-order valence-corrected chi connectivity index (χ2v) is 5.38. The maximum Gasteiger partial charge on any atom is 0.271 e. The van der Waals surface area contributed by atoms with E-state index in [4.69, 9.17) is 4.74 Å². The minimum atomic E-state index is -0.352. The summed E-state index contributed by atoms with van der Waals surface area (Å²) in [5.41, 5.74) is 3.72. The van der Waals surface area contributed by atoms with E-state index in [1.807, 2.05) is 43.3 Å². The largest absolute Gasteiger partial charge is 0.508 e. The van der Waals surface area contributed by atoms with Gasteiger partial charge in [0.2, 0.25) is 0 Å². The second kappa shape index (κ2) is 7.49. The molecule has 5 nitrogen and oxygen atoms in total. The summed E-state index contributed by atoms with van der Waals surface area (Å²) >= 11 is 0. The van der Waals surface area contributed by atoms with E-state index in [0.717, 1.165) is 16.3 Å². The fourth-order valence-corrected chi connectivity index (χ4v) is 2.52. The second-order valence-electron chi connectivity index (χ2n) is 5.38. The van der Waals surface area contributed by atoms with Crippen LogP contribution in [0.3, 0.4) is 0 Å². The van der Waals surface area contributed by atoms with Gasteiger partial charge in [0.05, 0.1) is 12.8 Å². The minimum Gasteiger partial charge on any atom is -0.508 e. The third-order valence-corrected chi connectivity index (χ3v) is 3.72. The van der Waals surface area contributed by atoms with Gasteiger partial charge in [0.15, 0.2) is 0 Å². The summed E-state index contributed by atoms with van der Waals surface area (Å²) in [7, 11) is 0. The summed E-state index contributed by atoms with van der Waals surface area (Å²) in [6.07, 6.45) is 1.59. The van der Waals surface area contributed by atoms with E-state index in [0.29, 0.717) is 17.9 Å². The molecule has 0 aromatic heterocycles. The van der Waals surface area contributed by atoms with Gasteiger partial charge in [0.25, 0.3) is 5.91 Å². The Bertz CT molecular complexity index is 918. The Morgan fingerprint density at radius 1 is 1.12 bits per heavy atom. The molecule has 3 aromatic rings. The number of aromatic hydroxyl groups is 1. The zero-order valence-corrected chi connectivity index (χ0v) is 13.8. The number of benzene rings is 3. The minimum absolute atomic E-state index is 0.108. The Kier molecular flexibility index (Phi) is 4.95. The highest BCUT2D eigenvalue weighted by molar-refractivity contribution is 6.03. The van der Waals surface area contributed by atoms with Crippen molar-refractivity contribution in [2.24, 2.45) is 5.10 Å². The van der Waals surface area contributed by atoms with Gasteiger partial charge in [0.1, 0.15) is 11.5 Å². The number of carbonyl (C=O) groups excluding carboxylic acids is 1. The van der Waals surface area contributed by atoms with Crippen LogP contribution in [-0.4, -0.2) is 23.8 Å². The highest BCUT2D eigenvalue weighted by atomic mass is 16.5. The van der Waals surface area contributed by atoms with Gasteiger partial charge in [-0.15, -0.1) is 0 Å². The van der Waals surface area contributed by atoms with Crippen molar-refractivity contribution in [1.29, 1.82) is 0 Å². The number of ether oxygens (including phenoxy) is 1. The van der Waals surface area contributed by atoms with Gasteiger partial charge < -0.3 is 9.84 Å². The number of phenolic OH excluding ortho intramolecular Hbond substituents is 1. The van der Waals surface area contributed by atoms with Crippen molar-refractivity contribution >= 4 is 22.9 Å². The van der Waals surface area contributed by atoms with E-state index in [1.54, 1.807) is 6.21 Å². The number of hydrogen-bond donors (Lipinski definition) is 2. The molecule has 3 aromatic carbocycles. The van der Waals surface area contributed by atoms with E-state index >= 15 is 0 Å². The van der Waals surface area contributed by atoms with Crippen molar-refractivity contribution < 1.29 is 14.6 Å². The van der Waals surface area contributed by atoms with Gasteiger partial charge in [0, 0.05) is 11.1 Å². The predicted octanol–water partition coefficient (Wildman–Crippen LogP) is 3.71. The van der Waals surface area contributed by atoms with Crippen molar-refractivity contribution in [3.63, 3.8) is 0 Å².